The predicted octanol–water partition coefficient (Wildman–Crippen LogP) is 3.73. The molecule has 1 aromatic carbocycles. The Labute approximate surface area is 105 Å². The number of rotatable bonds is 3. The number of halogens is 1. The Morgan fingerprint density at radius 2 is 2.18 bits per heavy atom. The number of nitrogens with zero attached hydrogens (tertiary/aromatic N) is 1. The first kappa shape index (κ1) is 11.6. The van der Waals surface area contributed by atoms with Crippen LogP contribution in [0, 0.1) is 18.3 Å². The molecule has 0 aliphatic heterocycles. The number of hydrogen-bond acceptors (Lipinski definition) is 3. The summed E-state index contributed by atoms with van der Waals surface area (Å²) in [7, 11) is 0. The van der Waals surface area contributed by atoms with Crippen LogP contribution in [0.15, 0.2) is 34.7 Å². The van der Waals surface area contributed by atoms with E-state index in [1.807, 2.05) is 31.2 Å². The highest BCUT2D eigenvalue weighted by Gasteiger charge is 2.02. The molecule has 17 heavy (non-hydrogen) atoms. The molecule has 0 fully saturated rings. The van der Waals surface area contributed by atoms with E-state index in [1.54, 1.807) is 12.1 Å². The molecule has 3 nitrogen and oxygen atoms in total. The molecule has 0 atom stereocenters. The summed E-state index contributed by atoms with van der Waals surface area (Å²) in [6.45, 7) is 2.50. The van der Waals surface area contributed by atoms with Gasteiger partial charge in [-0.3, -0.25) is 0 Å². The monoisotopic (exact) mass is 246 g/mol. The number of anilines is 1. The van der Waals surface area contributed by atoms with Gasteiger partial charge in [-0.05, 0) is 37.3 Å². The molecular weight excluding hydrogens is 236 g/mol. The zero-order valence-corrected chi connectivity index (χ0v) is 10.1. The lowest BCUT2D eigenvalue weighted by atomic mass is 10.2. The molecule has 0 amide bonds. The summed E-state index contributed by atoms with van der Waals surface area (Å²) >= 11 is 5.93. The van der Waals surface area contributed by atoms with Crippen molar-refractivity contribution in [3.05, 3.63) is 52.4 Å². The molecule has 0 bridgehead atoms. The van der Waals surface area contributed by atoms with E-state index in [1.165, 1.54) is 0 Å². The Morgan fingerprint density at radius 1 is 1.35 bits per heavy atom. The molecule has 0 unspecified atom stereocenters. The van der Waals surface area contributed by atoms with Crippen LogP contribution in [0.4, 0.5) is 5.69 Å². The van der Waals surface area contributed by atoms with Gasteiger partial charge in [0.2, 0.25) is 0 Å². The average Bonchev–Trinajstić information content (AvgIpc) is 2.73. The maximum atomic E-state index is 8.75. The Balaban J connectivity index is 2.05. The summed E-state index contributed by atoms with van der Waals surface area (Å²) in [6.07, 6.45) is 0. The normalized spacial score (nSPS) is 9.94. The van der Waals surface area contributed by atoms with E-state index in [0.29, 0.717) is 17.1 Å². The second-order valence-electron chi connectivity index (χ2n) is 3.67. The molecule has 4 heteroatoms. The number of nitrogens with one attached hydrogen (secondary N) is 1. The number of furan rings is 1. The van der Waals surface area contributed by atoms with E-state index in [0.717, 1.165) is 17.2 Å². The highest BCUT2D eigenvalue weighted by Crippen LogP contribution is 2.20. The first-order valence-corrected chi connectivity index (χ1v) is 5.55. The molecule has 0 aliphatic rings. The van der Waals surface area contributed by atoms with Crippen molar-refractivity contribution in [1.82, 2.24) is 0 Å². The Hall–Kier alpha value is -1.92. The maximum absolute atomic E-state index is 8.75. The standard InChI is InChI=1S/C13H11ClN2O/c1-9-2-5-12(17-9)8-16-11-4-3-10(7-15)13(14)6-11/h2-6,16H,8H2,1H3. The van der Waals surface area contributed by atoms with Crippen molar-refractivity contribution in [3.8, 4) is 6.07 Å². The van der Waals surface area contributed by atoms with Gasteiger partial charge in [-0.25, -0.2) is 0 Å². The molecule has 0 saturated carbocycles. The molecule has 0 saturated heterocycles. The summed E-state index contributed by atoms with van der Waals surface area (Å²) in [5.41, 5.74) is 1.34. The van der Waals surface area contributed by atoms with Crippen molar-refractivity contribution in [1.29, 1.82) is 5.26 Å². The van der Waals surface area contributed by atoms with Crippen molar-refractivity contribution in [2.75, 3.05) is 5.32 Å². The second-order valence-corrected chi connectivity index (χ2v) is 4.08. The van der Waals surface area contributed by atoms with Gasteiger partial charge in [0.15, 0.2) is 0 Å². The van der Waals surface area contributed by atoms with E-state index in [2.05, 4.69) is 5.32 Å². The summed E-state index contributed by atoms with van der Waals surface area (Å²) < 4.78 is 5.43. The van der Waals surface area contributed by atoms with Gasteiger partial charge in [0.1, 0.15) is 17.6 Å². The van der Waals surface area contributed by atoms with E-state index >= 15 is 0 Å². The lowest BCUT2D eigenvalue weighted by molar-refractivity contribution is 0.490. The number of nitriles is 1. The lowest BCUT2D eigenvalue weighted by Crippen LogP contribution is -1.98. The Bertz CT molecular complexity index is 569. The lowest BCUT2D eigenvalue weighted by Gasteiger charge is -2.05. The minimum atomic E-state index is 0.452. The topological polar surface area (TPSA) is 49.0 Å². The van der Waals surface area contributed by atoms with Crippen LogP contribution in [-0.4, -0.2) is 0 Å². The minimum absolute atomic E-state index is 0.452. The van der Waals surface area contributed by atoms with Gasteiger partial charge in [-0.1, -0.05) is 11.6 Å². The SMILES string of the molecule is Cc1ccc(CNc2ccc(C#N)c(Cl)c2)o1. The van der Waals surface area contributed by atoms with E-state index in [9.17, 15) is 0 Å². The predicted molar refractivity (Wildman–Crippen MR) is 66.9 cm³/mol. The minimum Gasteiger partial charge on any atom is -0.465 e. The fraction of sp³-hybridized carbons (Fsp3) is 0.154. The largest absolute Gasteiger partial charge is 0.465 e. The molecule has 2 aromatic rings. The van der Waals surface area contributed by atoms with Crippen LogP contribution in [0.3, 0.4) is 0 Å². The highest BCUT2D eigenvalue weighted by atomic mass is 35.5. The maximum Gasteiger partial charge on any atom is 0.123 e. The number of benzene rings is 1. The van der Waals surface area contributed by atoms with Crippen LogP contribution in [0.5, 0.6) is 0 Å². The van der Waals surface area contributed by atoms with Crippen LogP contribution < -0.4 is 5.32 Å². The van der Waals surface area contributed by atoms with Gasteiger partial charge in [0, 0.05) is 5.69 Å². The molecule has 0 radical (unpaired) electrons. The third kappa shape index (κ3) is 2.80. The zero-order chi connectivity index (χ0) is 12.3. The third-order valence-corrected chi connectivity index (χ3v) is 2.67. The van der Waals surface area contributed by atoms with E-state index < -0.39 is 0 Å². The number of hydrogen-bond donors (Lipinski definition) is 1. The summed E-state index contributed by atoms with van der Waals surface area (Å²) in [4.78, 5) is 0. The fourth-order valence-corrected chi connectivity index (χ4v) is 1.71. The molecule has 86 valence electrons. The second kappa shape index (κ2) is 4.94. The first-order valence-electron chi connectivity index (χ1n) is 5.18. The molecule has 1 aromatic heterocycles. The first-order chi connectivity index (χ1) is 8.19. The quantitative estimate of drug-likeness (QED) is 0.898. The fourth-order valence-electron chi connectivity index (χ4n) is 1.49. The average molecular weight is 247 g/mol. The van der Waals surface area contributed by atoms with Crippen LogP contribution in [0.25, 0.3) is 0 Å². The van der Waals surface area contributed by atoms with Gasteiger partial charge >= 0.3 is 0 Å². The summed E-state index contributed by atoms with van der Waals surface area (Å²) in [6, 6.07) is 11.1. The molecule has 0 spiro atoms. The van der Waals surface area contributed by atoms with Gasteiger partial charge in [0.05, 0.1) is 17.1 Å². The van der Waals surface area contributed by atoms with Gasteiger partial charge in [0.25, 0.3) is 0 Å². The molecule has 1 N–H and O–H groups in total. The van der Waals surface area contributed by atoms with E-state index in [4.69, 9.17) is 21.3 Å². The Morgan fingerprint density at radius 3 is 2.76 bits per heavy atom. The van der Waals surface area contributed by atoms with Crippen LogP contribution in [0.2, 0.25) is 5.02 Å². The highest BCUT2D eigenvalue weighted by molar-refractivity contribution is 6.32. The van der Waals surface area contributed by atoms with Gasteiger partial charge in [-0.15, -0.1) is 0 Å². The smallest absolute Gasteiger partial charge is 0.123 e. The van der Waals surface area contributed by atoms with Crippen molar-refractivity contribution >= 4 is 17.3 Å². The van der Waals surface area contributed by atoms with Crippen LogP contribution in [0.1, 0.15) is 17.1 Å². The van der Waals surface area contributed by atoms with Crippen molar-refractivity contribution in [3.63, 3.8) is 0 Å². The van der Waals surface area contributed by atoms with Crippen molar-refractivity contribution < 1.29 is 4.42 Å². The van der Waals surface area contributed by atoms with Gasteiger partial charge in [-0.2, -0.15) is 5.26 Å². The zero-order valence-electron chi connectivity index (χ0n) is 9.33. The number of aryl methyl sites for hydroxylation is 1. The van der Waals surface area contributed by atoms with Crippen molar-refractivity contribution in [2.45, 2.75) is 13.5 Å². The molecule has 2 rings (SSSR count). The van der Waals surface area contributed by atoms with Crippen molar-refractivity contribution in [2.24, 2.45) is 0 Å². The molecule has 0 aliphatic carbocycles. The summed E-state index contributed by atoms with van der Waals surface area (Å²) in [5.74, 6) is 1.75. The molecular formula is C13H11ClN2O. The van der Waals surface area contributed by atoms with E-state index in [-0.39, 0.29) is 0 Å². The third-order valence-electron chi connectivity index (χ3n) is 2.35. The van der Waals surface area contributed by atoms with Crippen LogP contribution >= 0.6 is 11.6 Å². The van der Waals surface area contributed by atoms with Crippen LogP contribution in [-0.2, 0) is 6.54 Å². The molecule has 1 heterocycles. The Kier molecular flexibility index (Phi) is 3.36. The van der Waals surface area contributed by atoms with Gasteiger partial charge < -0.3 is 9.73 Å². The summed E-state index contributed by atoms with van der Waals surface area (Å²) in [5, 5.41) is 12.4.